The second kappa shape index (κ2) is 8.32. The van der Waals surface area contributed by atoms with Gasteiger partial charge in [0.05, 0.1) is 33.6 Å². The van der Waals surface area contributed by atoms with Crippen LogP contribution >= 0.6 is 23.2 Å². The van der Waals surface area contributed by atoms with E-state index in [0.717, 1.165) is 38.2 Å². The Kier molecular flexibility index (Phi) is 5.91. The van der Waals surface area contributed by atoms with Crippen molar-refractivity contribution in [1.29, 1.82) is 5.26 Å². The van der Waals surface area contributed by atoms with Crippen molar-refractivity contribution < 1.29 is 5.11 Å². The smallest absolute Gasteiger partial charge is 0.153 e. The Bertz CT molecular complexity index is 1010. The van der Waals surface area contributed by atoms with E-state index < -0.39 is 0 Å². The number of aliphatic hydroxyl groups excluding tert-OH is 1. The normalized spacial score (nSPS) is 20.5. The zero-order valence-electron chi connectivity index (χ0n) is 17.0. The van der Waals surface area contributed by atoms with Gasteiger partial charge in [0.25, 0.3) is 0 Å². The van der Waals surface area contributed by atoms with Crippen LogP contribution in [-0.2, 0) is 6.61 Å². The lowest BCUT2D eigenvalue weighted by Crippen LogP contribution is -2.47. The quantitative estimate of drug-likeness (QED) is 0.733. The third-order valence-corrected chi connectivity index (χ3v) is 7.65. The third-order valence-electron chi connectivity index (χ3n) is 6.76. The molecule has 1 aliphatic heterocycles. The molecule has 1 aliphatic carbocycles. The average molecular weight is 446 g/mol. The van der Waals surface area contributed by atoms with E-state index in [0.29, 0.717) is 28.2 Å². The van der Waals surface area contributed by atoms with Gasteiger partial charge >= 0.3 is 0 Å². The van der Waals surface area contributed by atoms with Gasteiger partial charge in [0.1, 0.15) is 11.8 Å². The molecule has 1 atom stereocenters. The topological polar surface area (TPSA) is 99.1 Å². The first-order chi connectivity index (χ1) is 14.4. The van der Waals surface area contributed by atoms with Crippen molar-refractivity contribution in [2.45, 2.75) is 51.7 Å². The maximum absolute atomic E-state index is 10.0. The van der Waals surface area contributed by atoms with Crippen LogP contribution in [0.15, 0.2) is 12.1 Å². The Balaban J connectivity index is 1.66. The lowest BCUT2D eigenvalue weighted by Gasteiger charge is -2.42. The van der Waals surface area contributed by atoms with E-state index in [1.165, 1.54) is 12.8 Å². The van der Waals surface area contributed by atoms with Gasteiger partial charge in [-0.1, -0.05) is 29.6 Å². The van der Waals surface area contributed by atoms with Crippen molar-refractivity contribution >= 4 is 29.0 Å². The molecule has 158 valence electrons. The van der Waals surface area contributed by atoms with E-state index in [4.69, 9.17) is 44.2 Å². The Labute approximate surface area is 186 Å². The highest BCUT2D eigenvalue weighted by Gasteiger charge is 2.43. The molecule has 0 bridgehead atoms. The fraction of sp³-hybridized carbons (Fsp3) is 0.500. The molecule has 30 heavy (non-hydrogen) atoms. The summed E-state index contributed by atoms with van der Waals surface area (Å²) >= 11 is 12.6. The average Bonchev–Trinajstić information content (AvgIpc) is 3.10. The number of nitriles is 1. The number of halogens is 2. The molecule has 0 unspecified atom stereocenters. The van der Waals surface area contributed by atoms with Crippen LogP contribution in [0.1, 0.15) is 49.1 Å². The van der Waals surface area contributed by atoms with E-state index in [-0.39, 0.29) is 28.1 Å². The van der Waals surface area contributed by atoms with Gasteiger partial charge in [-0.15, -0.1) is 0 Å². The number of anilines is 1. The van der Waals surface area contributed by atoms with Crippen LogP contribution in [0.3, 0.4) is 0 Å². The van der Waals surface area contributed by atoms with Crippen molar-refractivity contribution in [3.8, 4) is 17.3 Å². The minimum Gasteiger partial charge on any atom is -0.390 e. The molecule has 2 fully saturated rings. The Morgan fingerprint density at radius 2 is 1.97 bits per heavy atom. The third kappa shape index (κ3) is 3.54. The molecular weight excluding hydrogens is 421 g/mol. The monoisotopic (exact) mass is 445 g/mol. The maximum atomic E-state index is 10.0. The number of nitrogens with zero attached hydrogens (tertiary/aromatic N) is 4. The van der Waals surface area contributed by atoms with Crippen LogP contribution in [0.4, 0.5) is 5.82 Å². The minimum atomic E-state index is -0.224. The largest absolute Gasteiger partial charge is 0.390 e. The Morgan fingerprint density at radius 1 is 1.23 bits per heavy atom. The fourth-order valence-electron chi connectivity index (χ4n) is 4.93. The Morgan fingerprint density at radius 3 is 2.57 bits per heavy atom. The first kappa shape index (κ1) is 21.3. The van der Waals surface area contributed by atoms with Crippen LogP contribution < -0.4 is 10.6 Å². The first-order valence-corrected chi connectivity index (χ1v) is 11.0. The standard InChI is InChI=1S/C22H25Cl2N5O/c1-13-20(15-5-4-14(11-25)18(23)19(15)24)28-16(12-30)21(27-13)29-9-7-22(8-10-29)6-2-3-17(22)26/h4-5,17,30H,2-3,6-10,12,26H2,1H3/t17-/m1/s1. The molecule has 2 aliphatic rings. The molecule has 4 rings (SSSR count). The van der Waals surface area contributed by atoms with Gasteiger partial charge in [0.2, 0.25) is 0 Å². The summed E-state index contributed by atoms with van der Waals surface area (Å²) < 4.78 is 0. The van der Waals surface area contributed by atoms with Crippen LogP contribution in [0, 0.1) is 23.7 Å². The van der Waals surface area contributed by atoms with E-state index in [9.17, 15) is 5.11 Å². The highest BCUT2D eigenvalue weighted by Crippen LogP contribution is 2.46. The van der Waals surface area contributed by atoms with Crippen LogP contribution in [-0.4, -0.2) is 34.2 Å². The molecule has 0 radical (unpaired) electrons. The van der Waals surface area contributed by atoms with Gasteiger partial charge in [-0.2, -0.15) is 5.26 Å². The highest BCUT2D eigenvalue weighted by molar-refractivity contribution is 6.44. The SMILES string of the molecule is Cc1nc(N2CCC3(CCC[C@H]3N)CC2)c(CO)nc1-c1ccc(C#N)c(Cl)c1Cl. The van der Waals surface area contributed by atoms with E-state index >= 15 is 0 Å². The zero-order valence-corrected chi connectivity index (χ0v) is 18.5. The molecule has 3 N–H and O–H groups in total. The molecule has 2 heterocycles. The molecule has 2 aromatic rings. The number of hydrogen-bond donors (Lipinski definition) is 2. The summed E-state index contributed by atoms with van der Waals surface area (Å²) in [6.07, 6.45) is 5.61. The van der Waals surface area contributed by atoms with Crippen molar-refractivity contribution in [2.75, 3.05) is 18.0 Å². The van der Waals surface area contributed by atoms with E-state index in [1.807, 2.05) is 13.0 Å². The molecule has 8 heteroatoms. The summed E-state index contributed by atoms with van der Waals surface area (Å²) in [6.45, 7) is 3.36. The number of aromatic nitrogens is 2. The van der Waals surface area contributed by atoms with E-state index in [1.54, 1.807) is 12.1 Å². The van der Waals surface area contributed by atoms with Crippen molar-refractivity contribution in [1.82, 2.24) is 9.97 Å². The molecule has 1 spiro atoms. The maximum Gasteiger partial charge on any atom is 0.153 e. The fourth-order valence-corrected chi connectivity index (χ4v) is 5.39. The lowest BCUT2D eigenvalue weighted by atomic mass is 9.74. The van der Waals surface area contributed by atoms with Crippen molar-refractivity contribution in [3.63, 3.8) is 0 Å². The van der Waals surface area contributed by atoms with Crippen LogP contribution in [0.25, 0.3) is 11.3 Å². The summed E-state index contributed by atoms with van der Waals surface area (Å²) in [5, 5.41) is 19.6. The summed E-state index contributed by atoms with van der Waals surface area (Å²) in [5.74, 6) is 0.719. The summed E-state index contributed by atoms with van der Waals surface area (Å²) in [7, 11) is 0. The minimum absolute atomic E-state index is 0.196. The number of benzene rings is 1. The van der Waals surface area contributed by atoms with Crippen LogP contribution in [0.2, 0.25) is 10.0 Å². The van der Waals surface area contributed by atoms with Crippen molar-refractivity contribution in [3.05, 3.63) is 39.1 Å². The lowest BCUT2D eigenvalue weighted by molar-refractivity contribution is 0.196. The summed E-state index contributed by atoms with van der Waals surface area (Å²) in [5.41, 5.74) is 9.34. The van der Waals surface area contributed by atoms with Gasteiger partial charge in [-0.3, -0.25) is 0 Å². The first-order valence-electron chi connectivity index (χ1n) is 10.3. The second-order valence-corrected chi connectivity index (χ2v) is 9.09. The number of rotatable bonds is 3. The predicted octanol–water partition coefficient (Wildman–Crippen LogP) is 4.22. The highest BCUT2D eigenvalue weighted by atomic mass is 35.5. The van der Waals surface area contributed by atoms with Gasteiger partial charge in [-0.25, -0.2) is 9.97 Å². The molecule has 1 aromatic heterocycles. The zero-order chi connectivity index (χ0) is 21.5. The molecule has 1 aromatic carbocycles. The number of piperidine rings is 1. The summed E-state index contributed by atoms with van der Waals surface area (Å²) in [6, 6.07) is 5.64. The molecule has 0 amide bonds. The molecule has 1 saturated heterocycles. The molecule has 1 saturated carbocycles. The predicted molar refractivity (Wildman–Crippen MR) is 119 cm³/mol. The summed E-state index contributed by atoms with van der Waals surface area (Å²) in [4.78, 5) is 11.7. The van der Waals surface area contributed by atoms with Crippen molar-refractivity contribution in [2.24, 2.45) is 11.1 Å². The number of hydrogen-bond acceptors (Lipinski definition) is 6. The van der Waals surface area contributed by atoms with Gasteiger partial charge in [0.15, 0.2) is 5.82 Å². The molecule has 6 nitrogen and oxygen atoms in total. The van der Waals surface area contributed by atoms with Crippen LogP contribution in [0.5, 0.6) is 0 Å². The number of nitrogens with two attached hydrogens (primary N) is 1. The Hall–Kier alpha value is -1.91. The number of aliphatic hydroxyl groups is 1. The number of aryl methyl sites for hydroxylation is 1. The van der Waals surface area contributed by atoms with Gasteiger partial charge in [0, 0.05) is 24.7 Å². The van der Waals surface area contributed by atoms with Gasteiger partial charge in [-0.05, 0) is 50.2 Å². The van der Waals surface area contributed by atoms with E-state index in [2.05, 4.69) is 4.90 Å². The van der Waals surface area contributed by atoms with Gasteiger partial charge < -0.3 is 15.7 Å². The molecular formula is C22H25Cl2N5O. The second-order valence-electron chi connectivity index (χ2n) is 8.33.